The minimum atomic E-state index is -0.841. The number of rotatable bonds is 7. The van der Waals surface area contributed by atoms with Gasteiger partial charge in [0.05, 0.1) is 12.5 Å². The lowest BCUT2D eigenvalue weighted by molar-refractivity contribution is -0.138. The topological polar surface area (TPSA) is 93.8 Å². The highest BCUT2D eigenvalue weighted by Crippen LogP contribution is 2.19. The van der Waals surface area contributed by atoms with Crippen molar-refractivity contribution in [3.8, 4) is 0 Å². The summed E-state index contributed by atoms with van der Waals surface area (Å²) in [5.41, 5.74) is 0.995. The molecular formula is C13H17N5O2. The number of hydrogen-bond acceptors (Lipinski definition) is 5. The molecule has 20 heavy (non-hydrogen) atoms. The summed E-state index contributed by atoms with van der Waals surface area (Å²) in [5.74, 6) is -0.177. The molecule has 7 nitrogen and oxygen atoms in total. The van der Waals surface area contributed by atoms with E-state index in [1.165, 1.54) is 0 Å². The van der Waals surface area contributed by atoms with Gasteiger partial charge in [-0.3, -0.25) is 9.78 Å². The monoisotopic (exact) mass is 275 g/mol. The number of tetrazole rings is 1. The molecule has 0 spiro atoms. The van der Waals surface area contributed by atoms with E-state index in [0.29, 0.717) is 12.2 Å². The Morgan fingerprint density at radius 3 is 3.00 bits per heavy atom. The van der Waals surface area contributed by atoms with Crippen LogP contribution in [0, 0.1) is 0 Å². The Balaban J connectivity index is 2.19. The first-order valence-electron chi connectivity index (χ1n) is 6.58. The van der Waals surface area contributed by atoms with Gasteiger partial charge in [0.1, 0.15) is 0 Å². The molecule has 0 bridgehead atoms. The van der Waals surface area contributed by atoms with Crippen molar-refractivity contribution in [2.45, 2.75) is 38.6 Å². The van der Waals surface area contributed by atoms with E-state index in [-0.39, 0.29) is 12.5 Å². The zero-order chi connectivity index (χ0) is 14.4. The standard InChI is InChI=1S/C13H17N5O2/c1-2-4-11(8-13(19)20)18-12(15-16-17-18)7-10-5-3-6-14-9-10/h3,5-6,9,11H,2,4,7-8H2,1H3,(H,19,20). The number of carboxylic acids is 1. The molecule has 7 heteroatoms. The quantitative estimate of drug-likeness (QED) is 0.822. The molecule has 0 radical (unpaired) electrons. The summed E-state index contributed by atoms with van der Waals surface area (Å²) in [6.45, 7) is 2.01. The van der Waals surface area contributed by atoms with E-state index in [0.717, 1.165) is 18.4 Å². The first-order chi connectivity index (χ1) is 9.70. The smallest absolute Gasteiger partial charge is 0.305 e. The maximum Gasteiger partial charge on any atom is 0.305 e. The fourth-order valence-corrected chi connectivity index (χ4v) is 2.14. The van der Waals surface area contributed by atoms with E-state index in [2.05, 4.69) is 20.5 Å². The molecule has 0 aliphatic rings. The van der Waals surface area contributed by atoms with E-state index >= 15 is 0 Å². The van der Waals surface area contributed by atoms with Gasteiger partial charge in [-0.1, -0.05) is 19.4 Å². The van der Waals surface area contributed by atoms with Crippen LogP contribution in [0.1, 0.15) is 43.6 Å². The maximum atomic E-state index is 11.0. The Bertz CT molecular complexity index is 555. The third-order valence-electron chi connectivity index (χ3n) is 3.02. The third kappa shape index (κ3) is 3.59. The Morgan fingerprint density at radius 2 is 2.35 bits per heavy atom. The second-order valence-corrected chi connectivity index (χ2v) is 4.62. The molecule has 0 aromatic carbocycles. The Labute approximate surface area is 116 Å². The van der Waals surface area contributed by atoms with Gasteiger partial charge >= 0.3 is 5.97 Å². The van der Waals surface area contributed by atoms with Crippen molar-refractivity contribution in [2.24, 2.45) is 0 Å². The molecule has 106 valence electrons. The molecule has 0 saturated heterocycles. The number of aliphatic carboxylic acids is 1. The summed E-state index contributed by atoms with van der Waals surface area (Å²) in [6.07, 6.45) is 5.64. The van der Waals surface area contributed by atoms with Crippen LogP contribution in [0.2, 0.25) is 0 Å². The van der Waals surface area contributed by atoms with Crippen molar-refractivity contribution in [1.82, 2.24) is 25.2 Å². The molecule has 0 amide bonds. The van der Waals surface area contributed by atoms with Crippen LogP contribution in [0.4, 0.5) is 0 Å². The molecule has 0 saturated carbocycles. The number of carbonyl (C=O) groups is 1. The Morgan fingerprint density at radius 1 is 1.50 bits per heavy atom. The number of carboxylic acid groups (broad SMARTS) is 1. The average molecular weight is 275 g/mol. The van der Waals surface area contributed by atoms with Crippen molar-refractivity contribution in [2.75, 3.05) is 0 Å². The van der Waals surface area contributed by atoms with E-state index in [1.54, 1.807) is 17.1 Å². The normalized spacial score (nSPS) is 12.2. The molecule has 1 unspecified atom stereocenters. The molecule has 2 aromatic heterocycles. The zero-order valence-corrected chi connectivity index (χ0v) is 11.3. The van der Waals surface area contributed by atoms with Crippen LogP contribution in [0.3, 0.4) is 0 Å². The number of aromatic nitrogens is 5. The summed E-state index contributed by atoms with van der Waals surface area (Å²) in [7, 11) is 0. The highest BCUT2D eigenvalue weighted by atomic mass is 16.4. The zero-order valence-electron chi connectivity index (χ0n) is 11.3. The van der Waals surface area contributed by atoms with Crippen LogP contribution in [-0.4, -0.2) is 36.3 Å². The van der Waals surface area contributed by atoms with Crippen LogP contribution < -0.4 is 0 Å². The number of pyridine rings is 1. The van der Waals surface area contributed by atoms with Crippen molar-refractivity contribution in [3.63, 3.8) is 0 Å². The third-order valence-corrected chi connectivity index (χ3v) is 3.02. The van der Waals surface area contributed by atoms with Crippen LogP contribution in [-0.2, 0) is 11.2 Å². The van der Waals surface area contributed by atoms with Crippen molar-refractivity contribution >= 4 is 5.97 Å². The molecule has 1 N–H and O–H groups in total. The van der Waals surface area contributed by atoms with Gasteiger partial charge in [-0.25, -0.2) is 4.68 Å². The Hall–Kier alpha value is -2.31. The van der Waals surface area contributed by atoms with Gasteiger partial charge in [0.15, 0.2) is 5.82 Å². The highest BCUT2D eigenvalue weighted by molar-refractivity contribution is 5.67. The van der Waals surface area contributed by atoms with E-state index in [4.69, 9.17) is 5.11 Å². The van der Waals surface area contributed by atoms with Crippen LogP contribution in [0.5, 0.6) is 0 Å². The van der Waals surface area contributed by atoms with Gasteiger partial charge in [0.25, 0.3) is 0 Å². The van der Waals surface area contributed by atoms with Gasteiger partial charge in [-0.05, 0) is 28.5 Å². The van der Waals surface area contributed by atoms with Gasteiger partial charge in [0, 0.05) is 18.8 Å². The first kappa shape index (κ1) is 14.1. The second kappa shape index (κ2) is 6.74. The molecule has 2 rings (SSSR count). The maximum absolute atomic E-state index is 11.0. The van der Waals surface area contributed by atoms with Crippen molar-refractivity contribution in [3.05, 3.63) is 35.9 Å². The molecule has 2 heterocycles. The fraction of sp³-hybridized carbons (Fsp3) is 0.462. The van der Waals surface area contributed by atoms with E-state index in [9.17, 15) is 4.79 Å². The predicted octanol–water partition coefficient (Wildman–Crippen LogP) is 1.47. The van der Waals surface area contributed by atoms with Crippen molar-refractivity contribution in [1.29, 1.82) is 0 Å². The molecule has 1 atom stereocenters. The van der Waals surface area contributed by atoms with Crippen LogP contribution >= 0.6 is 0 Å². The van der Waals surface area contributed by atoms with E-state index in [1.807, 2.05) is 19.1 Å². The summed E-state index contributed by atoms with van der Waals surface area (Å²) in [5, 5.41) is 20.6. The average Bonchev–Trinajstić information content (AvgIpc) is 2.87. The second-order valence-electron chi connectivity index (χ2n) is 4.62. The first-order valence-corrected chi connectivity index (χ1v) is 6.58. The molecule has 0 fully saturated rings. The van der Waals surface area contributed by atoms with Gasteiger partial charge in [-0.2, -0.15) is 0 Å². The Kier molecular flexibility index (Phi) is 4.75. The van der Waals surface area contributed by atoms with E-state index < -0.39 is 5.97 Å². The number of hydrogen-bond donors (Lipinski definition) is 1. The van der Waals surface area contributed by atoms with Crippen molar-refractivity contribution < 1.29 is 9.90 Å². The van der Waals surface area contributed by atoms with Gasteiger partial charge in [0.2, 0.25) is 0 Å². The largest absolute Gasteiger partial charge is 0.481 e. The summed E-state index contributed by atoms with van der Waals surface area (Å²) in [6, 6.07) is 3.58. The lowest BCUT2D eigenvalue weighted by atomic mass is 10.1. The summed E-state index contributed by atoms with van der Waals surface area (Å²) >= 11 is 0. The fourth-order valence-electron chi connectivity index (χ4n) is 2.14. The number of nitrogens with zero attached hydrogens (tertiary/aromatic N) is 5. The minimum Gasteiger partial charge on any atom is -0.481 e. The predicted molar refractivity (Wildman–Crippen MR) is 71.1 cm³/mol. The lowest BCUT2D eigenvalue weighted by Gasteiger charge is -2.15. The van der Waals surface area contributed by atoms with Gasteiger partial charge in [-0.15, -0.1) is 5.10 Å². The highest BCUT2D eigenvalue weighted by Gasteiger charge is 2.19. The lowest BCUT2D eigenvalue weighted by Crippen LogP contribution is -2.18. The van der Waals surface area contributed by atoms with Gasteiger partial charge < -0.3 is 5.11 Å². The molecule has 0 aliphatic carbocycles. The molecule has 0 aliphatic heterocycles. The van der Waals surface area contributed by atoms with Crippen LogP contribution in [0.15, 0.2) is 24.5 Å². The summed E-state index contributed by atoms with van der Waals surface area (Å²) < 4.78 is 1.63. The van der Waals surface area contributed by atoms with Crippen LogP contribution in [0.25, 0.3) is 0 Å². The minimum absolute atomic E-state index is 0.0267. The SMILES string of the molecule is CCCC(CC(=O)O)n1nnnc1Cc1cccnc1. The summed E-state index contributed by atoms with van der Waals surface area (Å²) in [4.78, 5) is 15.0. The molecule has 2 aromatic rings. The molecular weight excluding hydrogens is 258 g/mol.